The second kappa shape index (κ2) is 6.28. The zero-order valence-corrected chi connectivity index (χ0v) is 13.1. The fraction of sp³-hybridized carbons (Fsp3) is 0.286. The summed E-state index contributed by atoms with van der Waals surface area (Å²) >= 11 is 6.41. The highest BCUT2D eigenvalue weighted by Crippen LogP contribution is 2.36. The van der Waals surface area contributed by atoms with E-state index in [0.29, 0.717) is 27.3 Å². The Morgan fingerprint density at radius 2 is 2.20 bits per heavy atom. The molecule has 1 amide bonds. The first-order valence-electron chi connectivity index (χ1n) is 6.09. The van der Waals surface area contributed by atoms with Gasteiger partial charge in [-0.05, 0) is 19.1 Å². The second-order valence-corrected chi connectivity index (χ2v) is 5.73. The molecule has 2 rings (SSSR count). The minimum absolute atomic E-state index is 0.0923. The standard InChI is InChI=1S/C14H15NO3S2/c1-4-18-12-9(6-5-7-10(12)17-3)8-11-13(16)15(2)14(19)20-11/h5-8H,4H2,1-3H3/b11-8+. The molecule has 20 heavy (non-hydrogen) atoms. The molecule has 0 aliphatic carbocycles. The quantitative estimate of drug-likeness (QED) is 0.631. The third kappa shape index (κ3) is 2.81. The van der Waals surface area contributed by atoms with Crippen molar-refractivity contribution in [3.8, 4) is 11.5 Å². The average molecular weight is 309 g/mol. The van der Waals surface area contributed by atoms with Crippen LogP contribution >= 0.6 is 24.0 Å². The van der Waals surface area contributed by atoms with Crippen LogP contribution < -0.4 is 9.47 Å². The number of ether oxygens (including phenoxy) is 2. The number of hydrogen-bond donors (Lipinski definition) is 0. The second-order valence-electron chi connectivity index (χ2n) is 4.05. The van der Waals surface area contributed by atoms with Gasteiger partial charge in [-0.3, -0.25) is 9.69 Å². The summed E-state index contributed by atoms with van der Waals surface area (Å²) < 4.78 is 11.5. The summed E-state index contributed by atoms with van der Waals surface area (Å²) in [5.41, 5.74) is 0.806. The molecule has 1 aliphatic heterocycles. The number of para-hydroxylation sites is 1. The smallest absolute Gasteiger partial charge is 0.265 e. The summed E-state index contributed by atoms with van der Waals surface area (Å²) in [7, 11) is 3.26. The van der Waals surface area contributed by atoms with Crippen LogP contribution in [-0.4, -0.2) is 35.9 Å². The molecule has 1 heterocycles. The van der Waals surface area contributed by atoms with Gasteiger partial charge in [-0.1, -0.05) is 36.1 Å². The number of carbonyl (C=O) groups is 1. The molecule has 0 radical (unpaired) electrons. The van der Waals surface area contributed by atoms with Crippen LogP contribution in [0.5, 0.6) is 11.5 Å². The van der Waals surface area contributed by atoms with Crippen molar-refractivity contribution in [2.24, 2.45) is 0 Å². The van der Waals surface area contributed by atoms with Gasteiger partial charge in [0.1, 0.15) is 4.32 Å². The normalized spacial score (nSPS) is 16.9. The topological polar surface area (TPSA) is 38.8 Å². The first-order valence-corrected chi connectivity index (χ1v) is 7.32. The molecule has 1 saturated heterocycles. The Morgan fingerprint density at radius 3 is 2.75 bits per heavy atom. The minimum atomic E-state index is -0.0923. The molecule has 0 saturated carbocycles. The van der Waals surface area contributed by atoms with E-state index in [-0.39, 0.29) is 5.91 Å². The predicted molar refractivity (Wildman–Crippen MR) is 85.1 cm³/mol. The summed E-state index contributed by atoms with van der Waals surface area (Å²) in [6.45, 7) is 2.43. The van der Waals surface area contributed by atoms with E-state index >= 15 is 0 Å². The molecule has 0 bridgehead atoms. The van der Waals surface area contributed by atoms with Crippen LogP contribution in [0.15, 0.2) is 23.1 Å². The SMILES string of the molecule is CCOc1c(/C=C2/SC(=S)N(C)C2=O)cccc1OC. The fourth-order valence-electron chi connectivity index (χ4n) is 1.79. The maximum absolute atomic E-state index is 12.0. The number of likely N-dealkylation sites (N-methyl/N-ethyl adjacent to an activating group) is 1. The Bertz CT molecular complexity index is 584. The molecule has 1 aliphatic rings. The molecule has 0 N–H and O–H groups in total. The number of thioether (sulfide) groups is 1. The number of amides is 1. The van der Waals surface area contributed by atoms with E-state index in [4.69, 9.17) is 21.7 Å². The zero-order chi connectivity index (χ0) is 14.7. The van der Waals surface area contributed by atoms with Crippen LogP contribution in [0.1, 0.15) is 12.5 Å². The van der Waals surface area contributed by atoms with Crippen molar-refractivity contribution in [2.75, 3.05) is 20.8 Å². The van der Waals surface area contributed by atoms with E-state index in [1.54, 1.807) is 20.2 Å². The number of carbonyl (C=O) groups excluding carboxylic acids is 1. The lowest BCUT2D eigenvalue weighted by Crippen LogP contribution is -2.22. The van der Waals surface area contributed by atoms with Crippen LogP contribution in [-0.2, 0) is 4.79 Å². The van der Waals surface area contributed by atoms with E-state index < -0.39 is 0 Å². The molecule has 0 atom stereocenters. The minimum Gasteiger partial charge on any atom is -0.493 e. The van der Waals surface area contributed by atoms with Gasteiger partial charge in [0, 0.05) is 12.6 Å². The number of methoxy groups -OCH3 is 1. The largest absolute Gasteiger partial charge is 0.493 e. The van der Waals surface area contributed by atoms with Gasteiger partial charge in [0.25, 0.3) is 5.91 Å². The lowest BCUT2D eigenvalue weighted by Gasteiger charge is -2.12. The molecule has 6 heteroatoms. The van der Waals surface area contributed by atoms with Crippen molar-refractivity contribution in [2.45, 2.75) is 6.92 Å². The maximum atomic E-state index is 12.0. The predicted octanol–water partition coefficient (Wildman–Crippen LogP) is 2.92. The highest BCUT2D eigenvalue weighted by atomic mass is 32.2. The van der Waals surface area contributed by atoms with Crippen molar-refractivity contribution < 1.29 is 14.3 Å². The highest BCUT2D eigenvalue weighted by Gasteiger charge is 2.29. The van der Waals surface area contributed by atoms with Crippen molar-refractivity contribution in [3.05, 3.63) is 28.7 Å². The van der Waals surface area contributed by atoms with Crippen molar-refractivity contribution >= 4 is 40.3 Å². The molecule has 0 spiro atoms. The monoisotopic (exact) mass is 309 g/mol. The summed E-state index contributed by atoms with van der Waals surface area (Å²) in [6.07, 6.45) is 1.79. The van der Waals surface area contributed by atoms with Crippen molar-refractivity contribution in [3.63, 3.8) is 0 Å². The Kier molecular flexibility index (Phi) is 4.67. The highest BCUT2D eigenvalue weighted by molar-refractivity contribution is 8.26. The molecule has 0 unspecified atom stereocenters. The number of hydrogen-bond acceptors (Lipinski definition) is 5. The number of benzene rings is 1. The number of nitrogens with zero attached hydrogens (tertiary/aromatic N) is 1. The molecular formula is C14H15NO3S2. The fourth-order valence-corrected chi connectivity index (χ4v) is 2.96. The summed E-state index contributed by atoms with van der Waals surface area (Å²) in [4.78, 5) is 14.1. The van der Waals surface area contributed by atoms with Crippen LogP contribution in [0, 0.1) is 0 Å². The van der Waals surface area contributed by atoms with Crippen LogP contribution in [0.25, 0.3) is 6.08 Å². The van der Waals surface area contributed by atoms with Gasteiger partial charge in [-0.15, -0.1) is 0 Å². The first-order chi connectivity index (χ1) is 9.58. The Morgan fingerprint density at radius 1 is 1.45 bits per heavy atom. The van der Waals surface area contributed by atoms with Gasteiger partial charge < -0.3 is 9.47 Å². The van der Waals surface area contributed by atoms with Gasteiger partial charge in [-0.2, -0.15) is 0 Å². The van der Waals surface area contributed by atoms with Crippen molar-refractivity contribution in [1.29, 1.82) is 0 Å². The zero-order valence-electron chi connectivity index (χ0n) is 11.5. The Balaban J connectivity index is 2.43. The first kappa shape index (κ1) is 14.9. The van der Waals surface area contributed by atoms with Gasteiger partial charge in [0.15, 0.2) is 11.5 Å². The van der Waals surface area contributed by atoms with Gasteiger partial charge >= 0.3 is 0 Å². The number of rotatable bonds is 4. The van der Waals surface area contributed by atoms with Gasteiger partial charge in [0.2, 0.25) is 0 Å². The van der Waals surface area contributed by atoms with Crippen LogP contribution in [0.4, 0.5) is 0 Å². The third-order valence-electron chi connectivity index (χ3n) is 2.79. The average Bonchev–Trinajstić information content (AvgIpc) is 2.68. The van der Waals surface area contributed by atoms with E-state index in [1.807, 2.05) is 25.1 Å². The Hall–Kier alpha value is -1.53. The molecule has 1 aromatic carbocycles. The molecule has 1 aromatic rings. The van der Waals surface area contributed by atoms with Crippen molar-refractivity contribution in [1.82, 2.24) is 4.90 Å². The van der Waals surface area contributed by atoms with Crippen LogP contribution in [0.3, 0.4) is 0 Å². The lowest BCUT2D eigenvalue weighted by molar-refractivity contribution is -0.121. The van der Waals surface area contributed by atoms with Gasteiger partial charge in [0.05, 0.1) is 18.6 Å². The van der Waals surface area contributed by atoms with Gasteiger partial charge in [-0.25, -0.2) is 0 Å². The molecule has 1 fully saturated rings. The molecule has 4 nitrogen and oxygen atoms in total. The van der Waals surface area contributed by atoms with Crippen LogP contribution in [0.2, 0.25) is 0 Å². The number of thiocarbonyl (C=S) groups is 1. The summed E-state index contributed by atoms with van der Waals surface area (Å²) in [5.74, 6) is 1.19. The van der Waals surface area contributed by atoms with E-state index in [0.717, 1.165) is 5.56 Å². The Labute approximate surface area is 127 Å². The van der Waals surface area contributed by atoms with E-state index in [2.05, 4.69) is 0 Å². The molecule has 106 valence electrons. The maximum Gasteiger partial charge on any atom is 0.265 e. The molecule has 0 aromatic heterocycles. The lowest BCUT2D eigenvalue weighted by atomic mass is 10.1. The van der Waals surface area contributed by atoms with E-state index in [9.17, 15) is 4.79 Å². The third-order valence-corrected chi connectivity index (χ3v) is 4.28. The summed E-state index contributed by atoms with van der Waals surface area (Å²) in [5, 5.41) is 0. The molecular weight excluding hydrogens is 294 g/mol. The summed E-state index contributed by atoms with van der Waals surface area (Å²) in [6, 6.07) is 5.57. The van der Waals surface area contributed by atoms with E-state index in [1.165, 1.54) is 16.7 Å².